The van der Waals surface area contributed by atoms with E-state index >= 15 is 0 Å². The van der Waals surface area contributed by atoms with E-state index in [1.807, 2.05) is 44.3 Å². The summed E-state index contributed by atoms with van der Waals surface area (Å²) in [5.74, 6) is -0.727. The lowest BCUT2D eigenvalue weighted by molar-refractivity contribution is -0.140. The molecule has 1 fully saturated rings. The Morgan fingerprint density at radius 2 is 1.79 bits per heavy atom. The number of hydrogen-bond donors (Lipinski definition) is 0. The molecule has 24 heavy (non-hydrogen) atoms. The van der Waals surface area contributed by atoms with Gasteiger partial charge in [-0.25, -0.2) is 0 Å². The Morgan fingerprint density at radius 3 is 2.54 bits per heavy atom. The van der Waals surface area contributed by atoms with Crippen molar-refractivity contribution in [3.05, 3.63) is 65.2 Å². The zero-order valence-corrected chi connectivity index (χ0v) is 13.9. The monoisotopic (exact) mass is 320 g/mol. The van der Waals surface area contributed by atoms with Gasteiger partial charge in [0.15, 0.2) is 0 Å². The van der Waals surface area contributed by atoms with Crippen molar-refractivity contribution in [2.24, 2.45) is 5.92 Å². The van der Waals surface area contributed by atoms with Gasteiger partial charge in [0.1, 0.15) is 0 Å². The van der Waals surface area contributed by atoms with E-state index in [9.17, 15) is 9.59 Å². The SMILES string of the molecule is Cc1ccc2c(c1)[C@@H]1C(=O)N(Cc3ccccc3)C(=O)[C@@H]1CN2C. The average Bonchev–Trinajstić information content (AvgIpc) is 2.80. The number of aryl methyl sites for hydroxylation is 1. The van der Waals surface area contributed by atoms with Gasteiger partial charge < -0.3 is 4.90 Å². The number of imide groups is 1. The molecule has 4 nitrogen and oxygen atoms in total. The highest BCUT2D eigenvalue weighted by Gasteiger charge is 2.51. The van der Waals surface area contributed by atoms with Crippen LogP contribution in [0.15, 0.2) is 48.5 Å². The summed E-state index contributed by atoms with van der Waals surface area (Å²) >= 11 is 0. The fraction of sp³-hybridized carbons (Fsp3) is 0.300. The summed E-state index contributed by atoms with van der Waals surface area (Å²) in [6.45, 7) is 2.97. The molecule has 0 radical (unpaired) electrons. The van der Waals surface area contributed by atoms with E-state index < -0.39 is 0 Å². The molecule has 4 rings (SSSR count). The molecule has 2 amide bonds. The molecule has 0 N–H and O–H groups in total. The van der Waals surface area contributed by atoms with Crippen molar-refractivity contribution < 1.29 is 9.59 Å². The van der Waals surface area contributed by atoms with Crippen LogP contribution >= 0.6 is 0 Å². The van der Waals surface area contributed by atoms with Crippen LogP contribution in [0.3, 0.4) is 0 Å². The van der Waals surface area contributed by atoms with Gasteiger partial charge in [0.2, 0.25) is 11.8 Å². The molecule has 2 aromatic rings. The Morgan fingerprint density at radius 1 is 1.04 bits per heavy atom. The van der Waals surface area contributed by atoms with Gasteiger partial charge in [-0.05, 0) is 24.1 Å². The number of fused-ring (bicyclic) bond motifs is 3. The standard InChI is InChI=1S/C20H20N2O2/c1-13-8-9-17-15(10-13)18-16(12-21(17)2)19(23)22(20(18)24)11-14-6-4-3-5-7-14/h3-10,16,18H,11-12H2,1-2H3/t16-,18+/m1/s1. The molecular formula is C20H20N2O2. The summed E-state index contributed by atoms with van der Waals surface area (Å²) in [6, 6.07) is 15.9. The van der Waals surface area contributed by atoms with Crippen molar-refractivity contribution in [2.75, 3.05) is 18.5 Å². The second-order valence-corrected chi connectivity index (χ2v) is 6.78. The van der Waals surface area contributed by atoms with Crippen LogP contribution in [-0.2, 0) is 16.1 Å². The first kappa shape index (κ1) is 14.9. The van der Waals surface area contributed by atoms with Crippen LogP contribution in [0.2, 0.25) is 0 Å². The van der Waals surface area contributed by atoms with Gasteiger partial charge in [0, 0.05) is 19.3 Å². The van der Waals surface area contributed by atoms with Crippen LogP contribution in [0, 0.1) is 12.8 Å². The first-order valence-corrected chi connectivity index (χ1v) is 8.27. The van der Waals surface area contributed by atoms with Gasteiger partial charge in [-0.2, -0.15) is 0 Å². The Hall–Kier alpha value is -2.62. The first-order chi connectivity index (χ1) is 11.6. The van der Waals surface area contributed by atoms with Crippen LogP contribution in [0.4, 0.5) is 5.69 Å². The molecular weight excluding hydrogens is 300 g/mol. The van der Waals surface area contributed by atoms with Crippen LogP contribution in [0.5, 0.6) is 0 Å². The molecule has 0 aliphatic carbocycles. The highest BCUT2D eigenvalue weighted by atomic mass is 16.2. The van der Waals surface area contributed by atoms with Gasteiger partial charge in [-0.3, -0.25) is 14.5 Å². The van der Waals surface area contributed by atoms with E-state index in [-0.39, 0.29) is 23.7 Å². The molecule has 4 heteroatoms. The fourth-order valence-electron chi connectivity index (χ4n) is 3.91. The molecule has 0 bridgehead atoms. The Kier molecular flexibility index (Phi) is 3.41. The van der Waals surface area contributed by atoms with Gasteiger partial charge >= 0.3 is 0 Å². The zero-order valence-electron chi connectivity index (χ0n) is 13.9. The van der Waals surface area contributed by atoms with Crippen LogP contribution < -0.4 is 4.90 Å². The van der Waals surface area contributed by atoms with E-state index in [1.165, 1.54) is 4.90 Å². The normalized spacial score (nSPS) is 22.6. The molecule has 2 aliphatic heterocycles. The predicted molar refractivity (Wildman–Crippen MR) is 92.7 cm³/mol. The summed E-state index contributed by atoms with van der Waals surface area (Å²) in [5.41, 5.74) is 4.15. The summed E-state index contributed by atoms with van der Waals surface area (Å²) < 4.78 is 0. The summed E-state index contributed by atoms with van der Waals surface area (Å²) in [7, 11) is 1.99. The van der Waals surface area contributed by atoms with Gasteiger partial charge in [-0.1, -0.05) is 48.0 Å². The van der Waals surface area contributed by atoms with E-state index in [2.05, 4.69) is 23.1 Å². The Bertz CT molecular complexity index is 816. The maximum absolute atomic E-state index is 13.0. The molecule has 0 saturated carbocycles. The minimum Gasteiger partial charge on any atom is -0.374 e. The molecule has 2 aromatic carbocycles. The third-order valence-electron chi connectivity index (χ3n) is 5.10. The minimum atomic E-state index is -0.340. The number of benzene rings is 2. The van der Waals surface area contributed by atoms with Gasteiger partial charge in [0.25, 0.3) is 0 Å². The molecule has 0 aromatic heterocycles. The number of rotatable bonds is 2. The highest BCUT2D eigenvalue weighted by Crippen LogP contribution is 2.44. The highest BCUT2D eigenvalue weighted by molar-refractivity contribution is 6.09. The lowest BCUT2D eigenvalue weighted by Gasteiger charge is -2.33. The third-order valence-corrected chi connectivity index (χ3v) is 5.10. The molecule has 0 unspecified atom stereocenters. The lowest BCUT2D eigenvalue weighted by Crippen LogP contribution is -2.37. The minimum absolute atomic E-state index is 0.0483. The number of hydrogen-bond acceptors (Lipinski definition) is 3. The summed E-state index contributed by atoms with van der Waals surface area (Å²) in [4.78, 5) is 29.4. The van der Waals surface area contributed by atoms with Crippen molar-refractivity contribution in [3.8, 4) is 0 Å². The van der Waals surface area contributed by atoms with E-state index in [0.29, 0.717) is 13.1 Å². The lowest BCUT2D eigenvalue weighted by atomic mass is 9.82. The van der Waals surface area contributed by atoms with Gasteiger partial charge in [0.05, 0.1) is 18.4 Å². The fourth-order valence-corrected chi connectivity index (χ4v) is 3.91. The van der Waals surface area contributed by atoms with Crippen LogP contribution in [-0.4, -0.2) is 30.3 Å². The largest absolute Gasteiger partial charge is 0.374 e. The van der Waals surface area contributed by atoms with Crippen molar-refractivity contribution in [3.63, 3.8) is 0 Å². The van der Waals surface area contributed by atoms with Crippen molar-refractivity contribution in [1.82, 2.24) is 4.90 Å². The number of amides is 2. The van der Waals surface area contributed by atoms with E-state index in [1.54, 1.807) is 0 Å². The second kappa shape index (κ2) is 5.48. The number of likely N-dealkylation sites (tertiary alicyclic amines) is 1. The zero-order chi connectivity index (χ0) is 16.8. The van der Waals surface area contributed by atoms with Crippen LogP contribution in [0.1, 0.15) is 22.6 Å². The molecule has 0 spiro atoms. The summed E-state index contributed by atoms with van der Waals surface area (Å²) in [6.07, 6.45) is 0. The molecule has 122 valence electrons. The second-order valence-electron chi connectivity index (χ2n) is 6.78. The van der Waals surface area contributed by atoms with Crippen molar-refractivity contribution in [2.45, 2.75) is 19.4 Å². The predicted octanol–water partition coefficient (Wildman–Crippen LogP) is 2.71. The first-order valence-electron chi connectivity index (χ1n) is 8.27. The topological polar surface area (TPSA) is 40.6 Å². The Labute approximate surface area is 141 Å². The maximum atomic E-state index is 13.0. The smallest absolute Gasteiger partial charge is 0.237 e. The summed E-state index contributed by atoms with van der Waals surface area (Å²) in [5, 5.41) is 0. The van der Waals surface area contributed by atoms with Crippen LogP contribution in [0.25, 0.3) is 0 Å². The third kappa shape index (κ3) is 2.21. The number of nitrogens with zero attached hydrogens (tertiary/aromatic N) is 2. The number of anilines is 1. The molecule has 2 atom stereocenters. The molecule has 2 aliphatic rings. The Balaban J connectivity index is 1.72. The molecule has 1 saturated heterocycles. The number of carbonyl (C=O) groups is 2. The van der Waals surface area contributed by atoms with Gasteiger partial charge in [-0.15, -0.1) is 0 Å². The van der Waals surface area contributed by atoms with Crippen molar-refractivity contribution in [1.29, 1.82) is 0 Å². The van der Waals surface area contributed by atoms with E-state index in [4.69, 9.17) is 0 Å². The maximum Gasteiger partial charge on any atom is 0.237 e. The quantitative estimate of drug-likeness (QED) is 0.799. The average molecular weight is 320 g/mol. The molecule has 2 heterocycles. The van der Waals surface area contributed by atoms with E-state index in [0.717, 1.165) is 22.4 Å². The van der Waals surface area contributed by atoms with Crippen molar-refractivity contribution >= 4 is 17.5 Å². The number of carbonyl (C=O) groups excluding carboxylic acids is 2.